The van der Waals surface area contributed by atoms with Gasteiger partial charge in [0.15, 0.2) is 4.77 Å². The number of fused-ring (bicyclic) bond motifs is 1. The first-order valence-corrected chi connectivity index (χ1v) is 6.27. The van der Waals surface area contributed by atoms with Crippen LogP contribution in [-0.2, 0) is 0 Å². The van der Waals surface area contributed by atoms with Gasteiger partial charge in [-0.1, -0.05) is 17.7 Å². The molecule has 3 aromatic rings. The Kier molecular flexibility index (Phi) is 2.69. The van der Waals surface area contributed by atoms with Gasteiger partial charge in [-0.15, -0.1) is 0 Å². The van der Waals surface area contributed by atoms with Gasteiger partial charge in [0.2, 0.25) is 0 Å². The van der Waals surface area contributed by atoms with E-state index in [-0.39, 0.29) is 0 Å². The average molecular weight is 276 g/mol. The Morgan fingerprint density at radius 1 is 1.33 bits per heavy atom. The predicted octanol–water partition coefficient (Wildman–Crippen LogP) is 4.04. The van der Waals surface area contributed by atoms with Gasteiger partial charge in [0.05, 0.1) is 27.9 Å². The quantitative estimate of drug-likeness (QED) is 0.680. The third-order valence-electron chi connectivity index (χ3n) is 2.83. The predicted molar refractivity (Wildman–Crippen MR) is 76.0 cm³/mol. The molecule has 0 bridgehead atoms. The fourth-order valence-corrected chi connectivity index (χ4v) is 2.50. The molecule has 0 radical (unpaired) electrons. The number of aryl methyl sites for hydroxylation is 1. The van der Waals surface area contributed by atoms with Crippen LogP contribution in [0.15, 0.2) is 36.7 Å². The van der Waals surface area contributed by atoms with E-state index in [9.17, 15) is 0 Å². The molecule has 1 aromatic carbocycles. The zero-order valence-electron chi connectivity index (χ0n) is 9.64. The Labute approximate surface area is 114 Å². The molecule has 0 saturated carbocycles. The van der Waals surface area contributed by atoms with Gasteiger partial charge in [-0.25, -0.2) is 0 Å². The number of aromatic nitrogens is 3. The van der Waals surface area contributed by atoms with Crippen LogP contribution in [0.5, 0.6) is 0 Å². The SMILES string of the molecule is Cc1ccc(Cl)c(-n2c(=S)[nH]c3cnccc32)c1. The summed E-state index contributed by atoms with van der Waals surface area (Å²) in [5, 5.41) is 0.675. The molecule has 0 atom stereocenters. The molecule has 0 saturated heterocycles. The molecule has 0 unspecified atom stereocenters. The van der Waals surface area contributed by atoms with Gasteiger partial charge >= 0.3 is 0 Å². The van der Waals surface area contributed by atoms with Crippen LogP contribution in [0.1, 0.15) is 5.56 Å². The van der Waals surface area contributed by atoms with Gasteiger partial charge in [-0.3, -0.25) is 9.55 Å². The first-order chi connectivity index (χ1) is 8.66. The van der Waals surface area contributed by atoms with Crippen molar-refractivity contribution in [2.24, 2.45) is 0 Å². The Balaban J connectivity index is 2.41. The summed E-state index contributed by atoms with van der Waals surface area (Å²) in [5.41, 5.74) is 3.90. The number of halogens is 1. The molecule has 90 valence electrons. The Bertz CT molecular complexity index is 788. The first-order valence-electron chi connectivity index (χ1n) is 5.48. The van der Waals surface area contributed by atoms with Crippen LogP contribution in [-0.4, -0.2) is 14.5 Å². The standard InChI is InChI=1S/C13H10ClN3S/c1-8-2-3-9(14)12(6-8)17-11-4-5-15-7-10(11)16-13(17)18/h2-7H,1H3,(H,16,18). The molecule has 0 amide bonds. The highest BCUT2D eigenvalue weighted by atomic mass is 35.5. The Morgan fingerprint density at radius 3 is 3.00 bits per heavy atom. The lowest BCUT2D eigenvalue weighted by Gasteiger charge is -2.07. The van der Waals surface area contributed by atoms with Gasteiger partial charge in [-0.2, -0.15) is 0 Å². The van der Waals surface area contributed by atoms with Crippen LogP contribution in [0.4, 0.5) is 0 Å². The molecule has 0 aliphatic heterocycles. The van der Waals surface area contributed by atoms with Crippen LogP contribution in [0.25, 0.3) is 16.7 Å². The van der Waals surface area contributed by atoms with Gasteiger partial charge in [0, 0.05) is 6.20 Å². The van der Waals surface area contributed by atoms with E-state index in [1.54, 1.807) is 12.4 Å². The molecule has 5 heteroatoms. The third-order valence-corrected chi connectivity index (χ3v) is 3.43. The van der Waals surface area contributed by atoms with E-state index in [2.05, 4.69) is 9.97 Å². The van der Waals surface area contributed by atoms with E-state index in [1.807, 2.05) is 35.8 Å². The molecule has 18 heavy (non-hydrogen) atoms. The van der Waals surface area contributed by atoms with E-state index in [1.165, 1.54) is 0 Å². The Morgan fingerprint density at radius 2 is 2.17 bits per heavy atom. The second kappa shape index (κ2) is 4.23. The molecule has 0 aliphatic rings. The maximum absolute atomic E-state index is 6.26. The lowest BCUT2D eigenvalue weighted by atomic mass is 10.2. The zero-order valence-corrected chi connectivity index (χ0v) is 11.2. The summed E-state index contributed by atoms with van der Waals surface area (Å²) in [7, 11) is 0. The van der Waals surface area contributed by atoms with E-state index in [0.29, 0.717) is 9.79 Å². The summed E-state index contributed by atoms with van der Waals surface area (Å²) >= 11 is 11.6. The van der Waals surface area contributed by atoms with Crippen molar-refractivity contribution in [1.29, 1.82) is 0 Å². The summed E-state index contributed by atoms with van der Waals surface area (Å²) in [4.78, 5) is 7.21. The number of rotatable bonds is 1. The first kappa shape index (κ1) is 11.4. The van der Waals surface area contributed by atoms with Crippen molar-refractivity contribution in [3.8, 4) is 5.69 Å². The number of nitrogens with zero attached hydrogens (tertiary/aromatic N) is 2. The number of aromatic amines is 1. The van der Waals surface area contributed by atoms with Crippen LogP contribution < -0.4 is 0 Å². The molecular formula is C13H10ClN3S. The summed E-state index contributed by atoms with van der Waals surface area (Å²) in [6.45, 7) is 2.03. The summed E-state index contributed by atoms with van der Waals surface area (Å²) in [6.07, 6.45) is 3.50. The highest BCUT2D eigenvalue weighted by Crippen LogP contribution is 2.25. The number of imidazole rings is 1. The van der Waals surface area contributed by atoms with Gasteiger partial charge in [-0.05, 0) is 42.9 Å². The topological polar surface area (TPSA) is 33.6 Å². The average Bonchev–Trinajstić information content (AvgIpc) is 2.68. The van der Waals surface area contributed by atoms with E-state index in [0.717, 1.165) is 22.3 Å². The monoisotopic (exact) mass is 275 g/mol. The van der Waals surface area contributed by atoms with Crippen molar-refractivity contribution < 1.29 is 0 Å². The summed E-state index contributed by atoms with van der Waals surface area (Å²) in [5.74, 6) is 0. The second-order valence-electron chi connectivity index (χ2n) is 4.11. The van der Waals surface area contributed by atoms with Crippen LogP contribution in [0.3, 0.4) is 0 Å². The highest BCUT2D eigenvalue weighted by Gasteiger charge is 2.09. The number of H-pyrrole nitrogens is 1. The van der Waals surface area contributed by atoms with Gasteiger partial charge < -0.3 is 4.98 Å². The third kappa shape index (κ3) is 1.74. The fourth-order valence-electron chi connectivity index (χ4n) is 1.99. The normalized spacial score (nSPS) is 11.0. The van der Waals surface area contributed by atoms with Crippen LogP contribution in [0, 0.1) is 11.7 Å². The maximum atomic E-state index is 6.26. The number of benzene rings is 1. The summed E-state index contributed by atoms with van der Waals surface area (Å²) < 4.78 is 2.55. The minimum absolute atomic E-state index is 0.616. The van der Waals surface area contributed by atoms with Crippen LogP contribution >= 0.6 is 23.8 Å². The zero-order chi connectivity index (χ0) is 12.7. The lowest BCUT2D eigenvalue weighted by molar-refractivity contribution is 1.06. The molecular weight excluding hydrogens is 266 g/mol. The van der Waals surface area contributed by atoms with Crippen molar-refractivity contribution in [3.05, 3.63) is 52.0 Å². The largest absolute Gasteiger partial charge is 0.329 e. The smallest absolute Gasteiger partial charge is 0.182 e. The second-order valence-corrected chi connectivity index (χ2v) is 4.91. The molecule has 2 heterocycles. The molecule has 3 rings (SSSR count). The number of pyridine rings is 1. The van der Waals surface area contributed by atoms with Gasteiger partial charge in [0.25, 0.3) is 0 Å². The van der Waals surface area contributed by atoms with E-state index < -0.39 is 0 Å². The lowest BCUT2D eigenvalue weighted by Crippen LogP contribution is -1.95. The molecule has 0 spiro atoms. The van der Waals surface area contributed by atoms with Crippen molar-refractivity contribution >= 4 is 34.9 Å². The van der Waals surface area contributed by atoms with Crippen molar-refractivity contribution in [3.63, 3.8) is 0 Å². The minimum Gasteiger partial charge on any atom is -0.329 e. The molecule has 0 fully saturated rings. The van der Waals surface area contributed by atoms with Crippen molar-refractivity contribution in [1.82, 2.24) is 14.5 Å². The maximum Gasteiger partial charge on any atom is 0.182 e. The molecule has 3 nitrogen and oxygen atoms in total. The van der Waals surface area contributed by atoms with Crippen molar-refractivity contribution in [2.75, 3.05) is 0 Å². The van der Waals surface area contributed by atoms with Gasteiger partial charge in [0.1, 0.15) is 0 Å². The molecule has 1 N–H and O–H groups in total. The number of hydrogen-bond acceptors (Lipinski definition) is 2. The van der Waals surface area contributed by atoms with Crippen molar-refractivity contribution in [2.45, 2.75) is 6.92 Å². The Hall–Kier alpha value is -1.65. The number of hydrogen-bond donors (Lipinski definition) is 1. The molecule has 0 aliphatic carbocycles. The minimum atomic E-state index is 0.616. The van der Waals surface area contributed by atoms with Crippen LogP contribution in [0.2, 0.25) is 5.02 Å². The fraction of sp³-hybridized carbons (Fsp3) is 0.0769. The summed E-state index contributed by atoms with van der Waals surface area (Å²) in [6, 6.07) is 7.80. The van der Waals surface area contributed by atoms with E-state index in [4.69, 9.17) is 23.8 Å². The number of nitrogens with one attached hydrogen (secondary N) is 1. The van der Waals surface area contributed by atoms with E-state index >= 15 is 0 Å². The molecule has 2 aromatic heterocycles. The highest BCUT2D eigenvalue weighted by molar-refractivity contribution is 7.71.